The first kappa shape index (κ1) is 24.7. The Bertz CT molecular complexity index is 1240. The van der Waals surface area contributed by atoms with Gasteiger partial charge in [-0.15, -0.1) is 0 Å². The van der Waals surface area contributed by atoms with Crippen molar-refractivity contribution in [3.8, 4) is 17.2 Å². The van der Waals surface area contributed by atoms with Crippen LogP contribution in [0.2, 0.25) is 0 Å². The van der Waals surface area contributed by atoms with Crippen LogP contribution < -0.4 is 19.5 Å². The third-order valence-corrected chi connectivity index (χ3v) is 6.97. The summed E-state index contributed by atoms with van der Waals surface area (Å²) in [4.78, 5) is 34.0. The van der Waals surface area contributed by atoms with E-state index in [1.807, 2.05) is 52.0 Å². The van der Waals surface area contributed by atoms with E-state index in [4.69, 9.17) is 19.3 Å². The SMILES string of the molecule is Cc1c(C)c2c(c(C)c1OCC(=O)O)CCC(C)(COc1ccc(C=C3NC(=O)SC3=O)cc1)O2. The van der Waals surface area contributed by atoms with Gasteiger partial charge < -0.3 is 24.6 Å². The summed E-state index contributed by atoms with van der Waals surface area (Å²) in [6.45, 7) is 7.77. The second kappa shape index (κ2) is 9.65. The van der Waals surface area contributed by atoms with Gasteiger partial charge in [-0.25, -0.2) is 4.79 Å². The van der Waals surface area contributed by atoms with Gasteiger partial charge in [0.05, 0.1) is 5.70 Å². The number of carboxylic acids is 1. The molecular formula is C26H27NO7S. The van der Waals surface area contributed by atoms with E-state index in [1.54, 1.807) is 6.08 Å². The van der Waals surface area contributed by atoms with Crippen molar-refractivity contribution in [2.75, 3.05) is 13.2 Å². The molecule has 4 rings (SSSR count). The molecule has 0 aromatic heterocycles. The molecule has 0 aliphatic carbocycles. The summed E-state index contributed by atoms with van der Waals surface area (Å²) in [5.41, 5.74) is 4.25. The minimum absolute atomic E-state index is 0.271. The number of benzene rings is 2. The van der Waals surface area contributed by atoms with Crippen LogP contribution in [-0.2, 0) is 16.0 Å². The zero-order valence-electron chi connectivity index (χ0n) is 20.0. The van der Waals surface area contributed by atoms with E-state index in [1.165, 1.54) is 0 Å². The van der Waals surface area contributed by atoms with Crippen molar-refractivity contribution < 1.29 is 33.7 Å². The number of thioether (sulfide) groups is 1. The highest BCUT2D eigenvalue weighted by atomic mass is 32.2. The lowest BCUT2D eigenvalue weighted by Gasteiger charge is -2.38. The lowest BCUT2D eigenvalue weighted by molar-refractivity contribution is -0.139. The molecule has 2 N–H and O–H groups in total. The molecule has 2 heterocycles. The summed E-state index contributed by atoms with van der Waals surface area (Å²) in [7, 11) is 0. The summed E-state index contributed by atoms with van der Waals surface area (Å²) in [6.07, 6.45) is 3.12. The fourth-order valence-corrected chi connectivity index (χ4v) is 4.77. The fourth-order valence-electron chi connectivity index (χ4n) is 4.22. The average Bonchev–Trinajstić information content (AvgIpc) is 3.13. The summed E-state index contributed by atoms with van der Waals surface area (Å²) in [5.74, 6) is 1.07. The van der Waals surface area contributed by atoms with Crippen molar-refractivity contribution in [3.05, 3.63) is 57.8 Å². The largest absolute Gasteiger partial charge is 0.489 e. The van der Waals surface area contributed by atoms with E-state index in [9.17, 15) is 14.4 Å². The topological polar surface area (TPSA) is 111 Å². The van der Waals surface area contributed by atoms with Crippen LogP contribution >= 0.6 is 11.8 Å². The summed E-state index contributed by atoms with van der Waals surface area (Å²) in [5, 5.41) is 10.9. The Kier molecular flexibility index (Phi) is 6.80. The van der Waals surface area contributed by atoms with Gasteiger partial charge in [0.2, 0.25) is 5.12 Å². The maximum Gasteiger partial charge on any atom is 0.341 e. The Hall–Kier alpha value is -3.46. The highest BCUT2D eigenvalue weighted by Gasteiger charge is 2.35. The van der Waals surface area contributed by atoms with Crippen LogP contribution in [0.25, 0.3) is 6.08 Å². The monoisotopic (exact) mass is 497 g/mol. The van der Waals surface area contributed by atoms with E-state index in [0.717, 1.165) is 46.4 Å². The van der Waals surface area contributed by atoms with E-state index >= 15 is 0 Å². The molecule has 1 amide bonds. The molecule has 1 atom stereocenters. The quantitative estimate of drug-likeness (QED) is 0.536. The predicted octanol–water partition coefficient (Wildman–Crippen LogP) is 4.56. The number of carboxylic acid groups (broad SMARTS) is 1. The molecule has 0 spiro atoms. The standard InChI is InChI=1S/C26H27NO7S/c1-14-15(2)23-19(16(3)22(14)32-12-21(28)29)9-10-26(4,34-23)13-33-18-7-5-17(6-8-18)11-20-24(30)35-25(31)27-20/h5-8,11H,9-10,12-13H2,1-4H3,(H,27,31)(H,28,29). The number of carbonyl (C=O) groups is 3. The van der Waals surface area contributed by atoms with Crippen molar-refractivity contribution in [1.82, 2.24) is 5.32 Å². The summed E-state index contributed by atoms with van der Waals surface area (Å²) < 4.78 is 18.1. The number of hydrogen-bond acceptors (Lipinski definition) is 7. The normalized spacial score (nSPS) is 20.3. The molecule has 9 heteroatoms. The zero-order valence-corrected chi connectivity index (χ0v) is 20.8. The maximum atomic E-state index is 11.7. The average molecular weight is 498 g/mol. The maximum absolute atomic E-state index is 11.7. The number of amides is 1. The molecule has 0 bridgehead atoms. The van der Waals surface area contributed by atoms with Gasteiger partial charge >= 0.3 is 5.97 Å². The Morgan fingerprint density at radius 3 is 2.49 bits per heavy atom. The van der Waals surface area contributed by atoms with Gasteiger partial charge in [0, 0.05) is 17.3 Å². The van der Waals surface area contributed by atoms with Crippen molar-refractivity contribution in [3.63, 3.8) is 0 Å². The Balaban J connectivity index is 1.45. The van der Waals surface area contributed by atoms with E-state index in [0.29, 0.717) is 29.9 Å². The first-order chi connectivity index (χ1) is 16.6. The molecular weight excluding hydrogens is 470 g/mol. The van der Waals surface area contributed by atoms with Crippen LogP contribution in [0.3, 0.4) is 0 Å². The van der Waals surface area contributed by atoms with Gasteiger partial charge in [-0.05, 0) is 81.0 Å². The van der Waals surface area contributed by atoms with Crippen molar-refractivity contribution in [2.45, 2.75) is 46.1 Å². The molecule has 2 aromatic carbocycles. The smallest absolute Gasteiger partial charge is 0.341 e. The van der Waals surface area contributed by atoms with Crippen molar-refractivity contribution in [1.29, 1.82) is 0 Å². The molecule has 2 aromatic rings. The predicted molar refractivity (Wildman–Crippen MR) is 132 cm³/mol. The molecule has 0 radical (unpaired) electrons. The van der Waals surface area contributed by atoms with Crippen LogP contribution in [0.1, 0.15) is 41.2 Å². The van der Waals surface area contributed by atoms with Crippen LogP contribution in [0.15, 0.2) is 30.0 Å². The second-order valence-corrected chi connectivity index (χ2v) is 9.91. The van der Waals surface area contributed by atoms with E-state index < -0.39 is 11.6 Å². The molecule has 1 unspecified atom stereocenters. The van der Waals surface area contributed by atoms with Gasteiger partial charge in [0.15, 0.2) is 6.61 Å². The number of carbonyl (C=O) groups excluding carboxylic acids is 2. The molecule has 1 saturated heterocycles. The highest BCUT2D eigenvalue weighted by Crippen LogP contribution is 2.44. The van der Waals surface area contributed by atoms with Crippen LogP contribution in [0.4, 0.5) is 4.79 Å². The van der Waals surface area contributed by atoms with Crippen LogP contribution in [-0.4, -0.2) is 40.2 Å². The molecule has 0 saturated carbocycles. The molecule has 35 heavy (non-hydrogen) atoms. The lowest BCUT2D eigenvalue weighted by Crippen LogP contribution is -2.42. The molecule has 184 valence electrons. The van der Waals surface area contributed by atoms with Crippen LogP contribution in [0.5, 0.6) is 17.2 Å². The van der Waals surface area contributed by atoms with Gasteiger partial charge in [-0.1, -0.05) is 12.1 Å². The minimum Gasteiger partial charge on any atom is -0.489 e. The Morgan fingerprint density at radius 2 is 1.86 bits per heavy atom. The number of fused-ring (bicyclic) bond motifs is 1. The van der Waals surface area contributed by atoms with Gasteiger partial charge in [-0.2, -0.15) is 0 Å². The van der Waals surface area contributed by atoms with Gasteiger partial charge in [0.25, 0.3) is 5.24 Å². The van der Waals surface area contributed by atoms with E-state index in [-0.39, 0.29) is 22.7 Å². The number of ether oxygens (including phenoxy) is 3. The van der Waals surface area contributed by atoms with Gasteiger partial charge in [0.1, 0.15) is 29.5 Å². The Morgan fingerprint density at radius 1 is 1.14 bits per heavy atom. The number of rotatable bonds is 7. The van der Waals surface area contributed by atoms with Gasteiger partial charge in [-0.3, -0.25) is 9.59 Å². The first-order valence-corrected chi connectivity index (χ1v) is 12.0. The Labute approximate surface area is 207 Å². The molecule has 2 aliphatic heterocycles. The summed E-state index contributed by atoms with van der Waals surface area (Å²) >= 11 is 0.650. The highest BCUT2D eigenvalue weighted by molar-refractivity contribution is 8.27. The third-order valence-electron chi connectivity index (χ3n) is 6.28. The number of aliphatic carboxylic acids is 1. The fraction of sp³-hybridized carbons (Fsp3) is 0.346. The number of hydrogen-bond donors (Lipinski definition) is 2. The van der Waals surface area contributed by atoms with Crippen LogP contribution in [0, 0.1) is 20.8 Å². The zero-order chi connectivity index (χ0) is 25.3. The first-order valence-electron chi connectivity index (χ1n) is 11.2. The van der Waals surface area contributed by atoms with Crippen molar-refractivity contribution >= 4 is 34.2 Å². The lowest BCUT2D eigenvalue weighted by atomic mass is 9.87. The molecule has 1 fully saturated rings. The van der Waals surface area contributed by atoms with E-state index in [2.05, 4.69) is 5.32 Å². The van der Waals surface area contributed by atoms with Crippen molar-refractivity contribution in [2.24, 2.45) is 0 Å². The molecule has 8 nitrogen and oxygen atoms in total. The minimum atomic E-state index is -1.01. The third kappa shape index (κ3) is 5.30. The second-order valence-electron chi connectivity index (χ2n) is 8.96. The number of nitrogens with one attached hydrogen (secondary N) is 1. The molecule has 2 aliphatic rings. The summed E-state index contributed by atoms with van der Waals surface area (Å²) in [6, 6.07) is 7.26.